The molecule has 1 heterocycles. The fourth-order valence-corrected chi connectivity index (χ4v) is 1.46. The van der Waals surface area contributed by atoms with Crippen LogP contribution in [-0.4, -0.2) is 16.8 Å². The summed E-state index contributed by atoms with van der Waals surface area (Å²) < 4.78 is 15.2. The predicted octanol–water partition coefficient (Wildman–Crippen LogP) is 1.73. The molecule has 4 heteroatoms. The summed E-state index contributed by atoms with van der Waals surface area (Å²) in [5, 5.41) is 6.96. The van der Waals surface area contributed by atoms with Gasteiger partial charge >= 0.3 is 0 Å². The van der Waals surface area contributed by atoms with Gasteiger partial charge in [-0.25, -0.2) is 9.07 Å². The topological polar surface area (TPSA) is 29.9 Å². The van der Waals surface area contributed by atoms with E-state index in [0.717, 1.165) is 5.56 Å². The largest absolute Gasteiger partial charge is 0.316 e. The Morgan fingerprint density at radius 2 is 2.33 bits per heavy atom. The quantitative estimate of drug-likeness (QED) is 0.827. The van der Waals surface area contributed by atoms with Crippen molar-refractivity contribution in [1.29, 1.82) is 0 Å². The fraction of sp³-hybridized carbons (Fsp3) is 0.182. The highest BCUT2D eigenvalue weighted by Gasteiger charge is 2.04. The molecule has 2 rings (SSSR count). The minimum Gasteiger partial charge on any atom is -0.316 e. The van der Waals surface area contributed by atoms with E-state index in [4.69, 9.17) is 0 Å². The zero-order chi connectivity index (χ0) is 10.7. The first-order valence-electron chi connectivity index (χ1n) is 4.74. The summed E-state index contributed by atoms with van der Waals surface area (Å²) >= 11 is 0. The van der Waals surface area contributed by atoms with Gasteiger partial charge in [-0.3, -0.25) is 0 Å². The van der Waals surface area contributed by atoms with Crippen LogP contribution in [0.4, 0.5) is 4.39 Å². The van der Waals surface area contributed by atoms with Crippen LogP contribution in [0.5, 0.6) is 0 Å². The van der Waals surface area contributed by atoms with Crippen LogP contribution in [-0.2, 0) is 6.54 Å². The average Bonchev–Trinajstić information content (AvgIpc) is 2.71. The van der Waals surface area contributed by atoms with Crippen LogP contribution in [0.25, 0.3) is 5.69 Å². The molecule has 78 valence electrons. The lowest BCUT2D eigenvalue weighted by Crippen LogP contribution is -2.06. The Morgan fingerprint density at radius 1 is 1.47 bits per heavy atom. The first-order chi connectivity index (χ1) is 7.31. The molecule has 0 amide bonds. The third kappa shape index (κ3) is 2.05. The highest BCUT2D eigenvalue weighted by atomic mass is 19.1. The van der Waals surface area contributed by atoms with Crippen molar-refractivity contribution < 1.29 is 4.39 Å². The van der Waals surface area contributed by atoms with E-state index in [-0.39, 0.29) is 5.82 Å². The highest BCUT2D eigenvalue weighted by Crippen LogP contribution is 2.14. The second kappa shape index (κ2) is 4.23. The number of nitrogens with zero attached hydrogens (tertiary/aromatic N) is 2. The van der Waals surface area contributed by atoms with Crippen molar-refractivity contribution in [3.63, 3.8) is 0 Å². The minimum atomic E-state index is -0.258. The third-order valence-corrected chi connectivity index (χ3v) is 2.14. The van der Waals surface area contributed by atoms with Crippen molar-refractivity contribution in [2.24, 2.45) is 0 Å². The second-order valence-electron chi connectivity index (χ2n) is 3.27. The maximum absolute atomic E-state index is 13.6. The summed E-state index contributed by atoms with van der Waals surface area (Å²) in [5.41, 5.74) is 1.39. The van der Waals surface area contributed by atoms with E-state index in [2.05, 4.69) is 10.4 Å². The summed E-state index contributed by atoms with van der Waals surface area (Å²) in [6, 6.07) is 6.90. The molecule has 1 N–H and O–H groups in total. The molecule has 0 spiro atoms. The van der Waals surface area contributed by atoms with Gasteiger partial charge in [0.15, 0.2) is 0 Å². The van der Waals surface area contributed by atoms with Gasteiger partial charge in [-0.2, -0.15) is 5.10 Å². The van der Waals surface area contributed by atoms with E-state index in [0.29, 0.717) is 12.2 Å². The summed E-state index contributed by atoms with van der Waals surface area (Å²) in [7, 11) is 1.83. The molecule has 0 saturated carbocycles. The van der Waals surface area contributed by atoms with Crippen LogP contribution in [0.3, 0.4) is 0 Å². The van der Waals surface area contributed by atoms with Gasteiger partial charge in [0.2, 0.25) is 0 Å². The van der Waals surface area contributed by atoms with Gasteiger partial charge in [0.05, 0.1) is 0 Å². The summed E-state index contributed by atoms with van der Waals surface area (Å²) in [6.07, 6.45) is 3.34. The van der Waals surface area contributed by atoms with Gasteiger partial charge in [0.1, 0.15) is 11.5 Å². The van der Waals surface area contributed by atoms with E-state index >= 15 is 0 Å². The SMILES string of the molecule is CNCc1ccc(-n2cccn2)c(F)c1. The monoisotopic (exact) mass is 205 g/mol. The van der Waals surface area contributed by atoms with Gasteiger partial charge in [-0.1, -0.05) is 6.07 Å². The normalized spacial score (nSPS) is 10.5. The Labute approximate surface area is 87.5 Å². The number of halogens is 1. The molecule has 15 heavy (non-hydrogen) atoms. The van der Waals surface area contributed by atoms with E-state index in [1.165, 1.54) is 10.7 Å². The molecule has 3 nitrogen and oxygen atoms in total. The fourth-order valence-electron chi connectivity index (χ4n) is 1.46. The Hall–Kier alpha value is -1.68. The Bertz CT molecular complexity index is 437. The van der Waals surface area contributed by atoms with Crippen molar-refractivity contribution >= 4 is 0 Å². The Morgan fingerprint density at radius 3 is 2.93 bits per heavy atom. The smallest absolute Gasteiger partial charge is 0.149 e. The van der Waals surface area contributed by atoms with E-state index < -0.39 is 0 Å². The van der Waals surface area contributed by atoms with E-state index in [1.54, 1.807) is 24.5 Å². The van der Waals surface area contributed by atoms with Crippen LogP contribution >= 0.6 is 0 Å². The molecule has 0 radical (unpaired) electrons. The van der Waals surface area contributed by atoms with Crippen molar-refractivity contribution in [3.05, 3.63) is 48.0 Å². The molecule has 0 fully saturated rings. The van der Waals surface area contributed by atoms with Crippen molar-refractivity contribution in [1.82, 2.24) is 15.1 Å². The molecule has 1 aromatic carbocycles. The predicted molar refractivity (Wildman–Crippen MR) is 56.3 cm³/mol. The molecule has 2 aromatic rings. The number of hydrogen-bond donors (Lipinski definition) is 1. The van der Waals surface area contributed by atoms with Crippen LogP contribution in [0.1, 0.15) is 5.56 Å². The summed E-state index contributed by atoms with van der Waals surface area (Å²) in [5.74, 6) is -0.258. The maximum atomic E-state index is 13.6. The molecule has 0 atom stereocenters. The number of nitrogens with one attached hydrogen (secondary N) is 1. The van der Waals surface area contributed by atoms with E-state index in [9.17, 15) is 4.39 Å². The van der Waals surface area contributed by atoms with Gasteiger partial charge < -0.3 is 5.32 Å². The minimum absolute atomic E-state index is 0.258. The average molecular weight is 205 g/mol. The lowest BCUT2D eigenvalue weighted by Gasteiger charge is -2.05. The van der Waals surface area contributed by atoms with Gasteiger partial charge in [-0.15, -0.1) is 0 Å². The summed E-state index contributed by atoms with van der Waals surface area (Å²) in [4.78, 5) is 0. The zero-order valence-electron chi connectivity index (χ0n) is 8.44. The van der Waals surface area contributed by atoms with Crippen molar-refractivity contribution in [2.45, 2.75) is 6.54 Å². The first-order valence-corrected chi connectivity index (χ1v) is 4.74. The summed E-state index contributed by atoms with van der Waals surface area (Å²) in [6.45, 7) is 0.663. The zero-order valence-corrected chi connectivity index (χ0v) is 8.44. The Balaban J connectivity index is 2.35. The van der Waals surface area contributed by atoms with Crippen LogP contribution in [0, 0.1) is 5.82 Å². The molecular weight excluding hydrogens is 193 g/mol. The third-order valence-electron chi connectivity index (χ3n) is 2.14. The standard InChI is InChI=1S/C11H12FN3/c1-13-8-9-3-4-11(10(12)7-9)15-6-2-5-14-15/h2-7,13H,8H2,1H3. The number of rotatable bonds is 3. The van der Waals surface area contributed by atoms with Gasteiger partial charge in [0, 0.05) is 18.9 Å². The van der Waals surface area contributed by atoms with Gasteiger partial charge in [0.25, 0.3) is 0 Å². The first kappa shape index (κ1) is 9.86. The molecule has 0 aliphatic rings. The molecule has 0 aliphatic carbocycles. The lowest BCUT2D eigenvalue weighted by atomic mass is 10.2. The van der Waals surface area contributed by atoms with Crippen LogP contribution in [0.15, 0.2) is 36.7 Å². The molecule has 0 unspecified atom stereocenters. The number of hydrogen-bond acceptors (Lipinski definition) is 2. The number of aromatic nitrogens is 2. The molecular formula is C11H12FN3. The Kier molecular flexibility index (Phi) is 2.78. The number of benzene rings is 1. The van der Waals surface area contributed by atoms with Crippen molar-refractivity contribution in [3.8, 4) is 5.69 Å². The molecule has 0 bridgehead atoms. The van der Waals surface area contributed by atoms with Gasteiger partial charge in [-0.05, 0) is 30.8 Å². The maximum Gasteiger partial charge on any atom is 0.149 e. The van der Waals surface area contributed by atoms with Crippen LogP contribution < -0.4 is 5.32 Å². The molecule has 1 aromatic heterocycles. The van der Waals surface area contributed by atoms with E-state index in [1.807, 2.05) is 13.1 Å². The molecule has 0 aliphatic heterocycles. The lowest BCUT2D eigenvalue weighted by molar-refractivity contribution is 0.607. The van der Waals surface area contributed by atoms with Crippen LogP contribution in [0.2, 0.25) is 0 Å². The van der Waals surface area contributed by atoms with Crippen molar-refractivity contribution in [2.75, 3.05) is 7.05 Å². The highest BCUT2D eigenvalue weighted by molar-refractivity contribution is 5.35. The second-order valence-corrected chi connectivity index (χ2v) is 3.27. The molecule has 0 saturated heterocycles.